The van der Waals surface area contributed by atoms with Gasteiger partial charge in [-0.15, -0.1) is 0 Å². The Labute approximate surface area is 121 Å². The van der Waals surface area contributed by atoms with E-state index in [1.807, 2.05) is 0 Å². The van der Waals surface area contributed by atoms with E-state index < -0.39 is 10.0 Å². The van der Waals surface area contributed by atoms with Gasteiger partial charge >= 0.3 is 0 Å². The molecule has 0 aliphatic carbocycles. The lowest BCUT2D eigenvalue weighted by Gasteiger charge is -2.08. The molecule has 0 radical (unpaired) electrons. The van der Waals surface area contributed by atoms with Gasteiger partial charge in [-0.1, -0.05) is 5.16 Å². The average molecular weight is 303 g/mol. The number of fused-ring (bicyclic) bond motifs is 1. The molecule has 0 bridgehead atoms. The molecule has 0 fully saturated rings. The molecular formula is C14H13N3O3S. The zero-order chi connectivity index (χ0) is 15.2. The fourth-order valence-corrected chi connectivity index (χ4v) is 3.19. The van der Waals surface area contributed by atoms with Crippen molar-refractivity contribution < 1.29 is 12.9 Å². The lowest BCUT2D eigenvalue weighted by molar-refractivity contribution is 0.393. The molecule has 21 heavy (non-hydrogen) atoms. The summed E-state index contributed by atoms with van der Waals surface area (Å²) in [7, 11) is -3.86. The maximum atomic E-state index is 11.8. The fraction of sp³-hybridized carbons (Fsp3) is 0.143. The normalized spacial score (nSPS) is 12.0. The number of benzene rings is 1. The van der Waals surface area contributed by atoms with E-state index in [0.717, 1.165) is 5.56 Å². The van der Waals surface area contributed by atoms with E-state index in [1.165, 1.54) is 6.07 Å². The van der Waals surface area contributed by atoms with Crippen molar-refractivity contribution in [1.82, 2.24) is 10.1 Å². The van der Waals surface area contributed by atoms with Gasteiger partial charge in [-0.3, -0.25) is 4.98 Å². The van der Waals surface area contributed by atoms with Crippen LogP contribution in [0.3, 0.4) is 0 Å². The zero-order valence-electron chi connectivity index (χ0n) is 11.5. The van der Waals surface area contributed by atoms with Crippen LogP contribution in [-0.2, 0) is 10.0 Å². The van der Waals surface area contributed by atoms with E-state index in [0.29, 0.717) is 27.9 Å². The molecule has 1 aromatic carbocycles. The number of nitrogens with two attached hydrogens (primary N) is 1. The molecule has 0 saturated heterocycles. The smallest absolute Gasteiger partial charge is 0.238 e. The van der Waals surface area contributed by atoms with E-state index >= 15 is 0 Å². The predicted octanol–water partition coefficient (Wildman–Crippen LogP) is 2.15. The number of pyridine rings is 1. The summed E-state index contributed by atoms with van der Waals surface area (Å²) in [6.07, 6.45) is 1.60. The molecule has 0 atom stereocenters. The molecule has 2 aromatic heterocycles. The molecular weight excluding hydrogens is 290 g/mol. The first kappa shape index (κ1) is 13.7. The maximum absolute atomic E-state index is 11.8. The summed E-state index contributed by atoms with van der Waals surface area (Å²) in [5, 5.41) is 9.71. The van der Waals surface area contributed by atoms with Crippen LogP contribution in [0.1, 0.15) is 11.5 Å². The number of aryl methyl sites for hydroxylation is 2. The molecule has 3 rings (SSSR count). The Bertz CT molecular complexity index is 926. The summed E-state index contributed by atoms with van der Waals surface area (Å²) in [6.45, 7) is 3.57. The second-order valence-electron chi connectivity index (χ2n) is 4.79. The zero-order valence-corrected chi connectivity index (χ0v) is 12.3. The molecule has 0 spiro atoms. The number of primary sulfonamides is 1. The van der Waals surface area contributed by atoms with Crippen LogP contribution in [0, 0.1) is 13.8 Å². The molecule has 0 amide bonds. The van der Waals surface area contributed by atoms with Gasteiger partial charge in [-0.25, -0.2) is 13.6 Å². The maximum Gasteiger partial charge on any atom is 0.238 e. The summed E-state index contributed by atoms with van der Waals surface area (Å²) < 4.78 is 28.8. The third-order valence-corrected chi connectivity index (χ3v) is 4.26. The molecule has 3 aromatic rings. The molecule has 2 heterocycles. The molecule has 0 aliphatic rings. The van der Waals surface area contributed by atoms with Gasteiger partial charge in [-0.05, 0) is 43.7 Å². The third kappa shape index (κ3) is 2.30. The standard InChI is InChI=1S/C14H13N3O3S/c1-8-14(9(2)20-17-8)10-6-12-11(4-3-5-16-12)13(7-10)21(15,18)19/h3-7H,1-2H3,(H2,15,18,19). The van der Waals surface area contributed by atoms with E-state index in [9.17, 15) is 8.42 Å². The Balaban J connectivity index is 2.42. The summed E-state index contributed by atoms with van der Waals surface area (Å²) in [4.78, 5) is 4.26. The molecule has 0 aliphatic heterocycles. The Kier molecular flexibility index (Phi) is 3.03. The van der Waals surface area contributed by atoms with Gasteiger partial charge in [0.05, 0.1) is 16.1 Å². The second-order valence-corrected chi connectivity index (χ2v) is 6.32. The highest BCUT2D eigenvalue weighted by atomic mass is 32.2. The second kappa shape index (κ2) is 4.64. The van der Waals surface area contributed by atoms with E-state index in [1.54, 1.807) is 38.2 Å². The topological polar surface area (TPSA) is 99.1 Å². The monoisotopic (exact) mass is 303 g/mol. The molecule has 0 saturated carbocycles. The van der Waals surface area contributed by atoms with Gasteiger partial charge in [0.15, 0.2) is 0 Å². The van der Waals surface area contributed by atoms with Crippen molar-refractivity contribution in [2.45, 2.75) is 18.7 Å². The van der Waals surface area contributed by atoms with Crippen molar-refractivity contribution in [3.63, 3.8) is 0 Å². The molecule has 0 unspecified atom stereocenters. The van der Waals surface area contributed by atoms with Crippen LogP contribution in [0.15, 0.2) is 39.9 Å². The van der Waals surface area contributed by atoms with Gasteiger partial charge in [0.2, 0.25) is 10.0 Å². The van der Waals surface area contributed by atoms with Gasteiger partial charge in [0, 0.05) is 17.1 Å². The van der Waals surface area contributed by atoms with Crippen molar-refractivity contribution >= 4 is 20.9 Å². The first-order chi connectivity index (χ1) is 9.88. The van der Waals surface area contributed by atoms with Gasteiger partial charge in [0.1, 0.15) is 5.76 Å². The SMILES string of the molecule is Cc1noc(C)c1-c1cc(S(N)(=O)=O)c2cccnc2c1. The fourth-order valence-electron chi connectivity index (χ4n) is 2.42. The van der Waals surface area contributed by atoms with Crippen molar-refractivity contribution in [3.05, 3.63) is 41.9 Å². The minimum atomic E-state index is -3.86. The average Bonchev–Trinajstić information content (AvgIpc) is 2.76. The van der Waals surface area contributed by atoms with E-state index in [2.05, 4.69) is 10.1 Å². The Morgan fingerprint density at radius 3 is 2.62 bits per heavy atom. The first-order valence-corrected chi connectivity index (χ1v) is 7.77. The van der Waals surface area contributed by atoms with Crippen molar-refractivity contribution in [1.29, 1.82) is 0 Å². The third-order valence-electron chi connectivity index (χ3n) is 3.31. The summed E-state index contributed by atoms with van der Waals surface area (Å²) >= 11 is 0. The van der Waals surface area contributed by atoms with Crippen LogP contribution in [0.2, 0.25) is 0 Å². The number of hydrogen-bond acceptors (Lipinski definition) is 5. The quantitative estimate of drug-likeness (QED) is 0.782. The van der Waals surface area contributed by atoms with Crippen LogP contribution in [0.25, 0.3) is 22.0 Å². The van der Waals surface area contributed by atoms with Crippen molar-refractivity contribution in [2.24, 2.45) is 5.14 Å². The predicted molar refractivity (Wildman–Crippen MR) is 78.1 cm³/mol. The van der Waals surface area contributed by atoms with Crippen molar-refractivity contribution in [2.75, 3.05) is 0 Å². The number of aromatic nitrogens is 2. The summed E-state index contributed by atoms with van der Waals surface area (Å²) in [5.74, 6) is 0.614. The highest BCUT2D eigenvalue weighted by molar-refractivity contribution is 7.89. The summed E-state index contributed by atoms with van der Waals surface area (Å²) in [5.41, 5.74) is 2.66. The van der Waals surface area contributed by atoms with E-state index in [-0.39, 0.29) is 4.90 Å². The molecule has 2 N–H and O–H groups in total. The van der Waals surface area contributed by atoms with Crippen LogP contribution < -0.4 is 5.14 Å². The first-order valence-electron chi connectivity index (χ1n) is 6.23. The van der Waals surface area contributed by atoms with Crippen LogP contribution >= 0.6 is 0 Å². The molecule has 7 heteroatoms. The minimum Gasteiger partial charge on any atom is -0.361 e. The highest BCUT2D eigenvalue weighted by Gasteiger charge is 2.18. The van der Waals surface area contributed by atoms with Crippen molar-refractivity contribution in [3.8, 4) is 11.1 Å². The lowest BCUT2D eigenvalue weighted by Crippen LogP contribution is -2.13. The van der Waals surface area contributed by atoms with E-state index in [4.69, 9.17) is 9.66 Å². The highest BCUT2D eigenvalue weighted by Crippen LogP contribution is 2.32. The summed E-state index contributed by atoms with van der Waals surface area (Å²) in [6, 6.07) is 6.69. The number of rotatable bonds is 2. The largest absolute Gasteiger partial charge is 0.361 e. The van der Waals surface area contributed by atoms with Crippen LogP contribution in [-0.4, -0.2) is 18.6 Å². The number of nitrogens with zero attached hydrogens (tertiary/aromatic N) is 2. The Hall–Kier alpha value is -2.25. The lowest BCUT2D eigenvalue weighted by atomic mass is 10.0. The van der Waals surface area contributed by atoms with Gasteiger partial charge < -0.3 is 4.52 Å². The van der Waals surface area contributed by atoms with Crippen LogP contribution in [0.5, 0.6) is 0 Å². The molecule has 6 nitrogen and oxygen atoms in total. The van der Waals surface area contributed by atoms with Gasteiger partial charge in [-0.2, -0.15) is 0 Å². The Morgan fingerprint density at radius 2 is 2.00 bits per heavy atom. The van der Waals surface area contributed by atoms with Crippen LogP contribution in [0.4, 0.5) is 0 Å². The Morgan fingerprint density at radius 1 is 1.24 bits per heavy atom. The number of hydrogen-bond donors (Lipinski definition) is 1. The van der Waals surface area contributed by atoms with Gasteiger partial charge in [0.25, 0.3) is 0 Å². The molecule has 108 valence electrons. The minimum absolute atomic E-state index is 0.0445. The number of sulfonamides is 1.